The minimum absolute atomic E-state index is 0.0707. The van der Waals surface area contributed by atoms with Crippen LogP contribution in [0.3, 0.4) is 0 Å². The molecule has 2 rings (SSSR count). The lowest BCUT2D eigenvalue weighted by Gasteiger charge is -2.22. The first-order valence-electron chi connectivity index (χ1n) is 7.42. The van der Waals surface area contributed by atoms with Gasteiger partial charge >= 0.3 is 0 Å². The van der Waals surface area contributed by atoms with Crippen molar-refractivity contribution in [1.82, 2.24) is 5.43 Å². The SMILES string of the molecule is CCCOc1ccccc1C(NN)c1ccc(C)cc1C. The van der Waals surface area contributed by atoms with Crippen LogP contribution in [0.25, 0.3) is 0 Å². The van der Waals surface area contributed by atoms with E-state index in [1.54, 1.807) is 0 Å². The summed E-state index contributed by atoms with van der Waals surface area (Å²) < 4.78 is 5.86. The Morgan fingerprint density at radius 1 is 1.10 bits per heavy atom. The Hall–Kier alpha value is -1.84. The van der Waals surface area contributed by atoms with Gasteiger partial charge in [-0.05, 0) is 37.5 Å². The summed E-state index contributed by atoms with van der Waals surface area (Å²) in [5.41, 5.74) is 7.66. The number of hydrazine groups is 1. The van der Waals surface area contributed by atoms with Gasteiger partial charge in [-0.1, -0.05) is 48.9 Å². The van der Waals surface area contributed by atoms with Crippen molar-refractivity contribution >= 4 is 0 Å². The van der Waals surface area contributed by atoms with Crippen LogP contribution in [0.1, 0.15) is 41.6 Å². The van der Waals surface area contributed by atoms with Gasteiger partial charge < -0.3 is 4.74 Å². The first-order valence-corrected chi connectivity index (χ1v) is 7.42. The maximum absolute atomic E-state index is 5.86. The Kier molecular flexibility index (Phi) is 5.37. The molecule has 112 valence electrons. The Morgan fingerprint density at radius 2 is 1.86 bits per heavy atom. The predicted molar refractivity (Wildman–Crippen MR) is 87.3 cm³/mol. The van der Waals surface area contributed by atoms with E-state index in [0.29, 0.717) is 6.61 Å². The molecule has 2 aromatic carbocycles. The number of hydrogen-bond acceptors (Lipinski definition) is 3. The van der Waals surface area contributed by atoms with Crippen molar-refractivity contribution in [3.63, 3.8) is 0 Å². The molecule has 0 saturated carbocycles. The Balaban J connectivity index is 2.41. The van der Waals surface area contributed by atoms with Crippen molar-refractivity contribution in [2.45, 2.75) is 33.2 Å². The van der Waals surface area contributed by atoms with Crippen LogP contribution >= 0.6 is 0 Å². The molecular weight excluding hydrogens is 260 g/mol. The van der Waals surface area contributed by atoms with Crippen LogP contribution in [0.2, 0.25) is 0 Å². The van der Waals surface area contributed by atoms with Crippen LogP contribution in [0.5, 0.6) is 5.75 Å². The van der Waals surface area contributed by atoms with Crippen molar-refractivity contribution < 1.29 is 4.74 Å². The second-order valence-electron chi connectivity index (χ2n) is 5.35. The molecule has 3 nitrogen and oxygen atoms in total. The minimum atomic E-state index is -0.0707. The van der Waals surface area contributed by atoms with E-state index in [1.165, 1.54) is 16.7 Å². The lowest BCUT2D eigenvalue weighted by atomic mass is 9.94. The van der Waals surface area contributed by atoms with Crippen molar-refractivity contribution in [3.8, 4) is 5.75 Å². The zero-order valence-corrected chi connectivity index (χ0v) is 13.0. The van der Waals surface area contributed by atoms with E-state index >= 15 is 0 Å². The van der Waals surface area contributed by atoms with Gasteiger partial charge in [0.05, 0.1) is 12.6 Å². The molecule has 1 atom stereocenters. The van der Waals surface area contributed by atoms with Crippen molar-refractivity contribution in [3.05, 3.63) is 64.7 Å². The van der Waals surface area contributed by atoms with Gasteiger partial charge in [-0.3, -0.25) is 5.84 Å². The highest BCUT2D eigenvalue weighted by molar-refractivity contribution is 5.44. The molecule has 0 heterocycles. The van der Waals surface area contributed by atoms with Crippen LogP contribution in [0, 0.1) is 13.8 Å². The Morgan fingerprint density at radius 3 is 2.52 bits per heavy atom. The number of para-hydroxylation sites is 1. The molecule has 0 aliphatic heterocycles. The monoisotopic (exact) mass is 284 g/mol. The average Bonchev–Trinajstić information content (AvgIpc) is 2.49. The molecule has 0 amide bonds. The summed E-state index contributed by atoms with van der Waals surface area (Å²) in [6.07, 6.45) is 0.985. The van der Waals surface area contributed by atoms with E-state index in [1.807, 2.05) is 18.2 Å². The molecule has 21 heavy (non-hydrogen) atoms. The lowest BCUT2D eigenvalue weighted by Crippen LogP contribution is -2.29. The molecule has 0 aliphatic rings. The van der Waals surface area contributed by atoms with Gasteiger partial charge in [0.25, 0.3) is 0 Å². The van der Waals surface area contributed by atoms with E-state index in [0.717, 1.165) is 17.7 Å². The van der Waals surface area contributed by atoms with E-state index in [-0.39, 0.29) is 6.04 Å². The Labute approximate surface area is 127 Å². The van der Waals surface area contributed by atoms with Crippen LogP contribution in [-0.4, -0.2) is 6.61 Å². The maximum Gasteiger partial charge on any atom is 0.124 e. The van der Waals surface area contributed by atoms with Crippen molar-refractivity contribution in [2.75, 3.05) is 6.61 Å². The van der Waals surface area contributed by atoms with Gasteiger partial charge in [-0.2, -0.15) is 0 Å². The highest BCUT2D eigenvalue weighted by Gasteiger charge is 2.18. The molecule has 3 N–H and O–H groups in total. The van der Waals surface area contributed by atoms with Crippen LogP contribution in [0.15, 0.2) is 42.5 Å². The number of nitrogens with two attached hydrogens (primary N) is 1. The number of nitrogens with one attached hydrogen (secondary N) is 1. The third kappa shape index (κ3) is 3.63. The molecule has 0 bridgehead atoms. The fraction of sp³-hybridized carbons (Fsp3) is 0.333. The zero-order valence-electron chi connectivity index (χ0n) is 13.0. The standard InChI is InChI=1S/C18H24N2O/c1-4-11-21-17-8-6-5-7-16(17)18(20-19)15-10-9-13(2)12-14(15)3/h5-10,12,18,20H,4,11,19H2,1-3H3. The molecule has 1 unspecified atom stereocenters. The maximum atomic E-state index is 5.86. The predicted octanol–water partition coefficient (Wildman–Crippen LogP) is 3.64. The number of rotatable bonds is 6. The number of ether oxygens (including phenoxy) is 1. The van der Waals surface area contributed by atoms with E-state index in [9.17, 15) is 0 Å². The number of hydrogen-bond donors (Lipinski definition) is 2. The second-order valence-corrected chi connectivity index (χ2v) is 5.35. The Bertz CT molecular complexity index is 596. The van der Waals surface area contributed by atoms with Crippen molar-refractivity contribution in [1.29, 1.82) is 0 Å². The van der Waals surface area contributed by atoms with Crippen LogP contribution < -0.4 is 16.0 Å². The minimum Gasteiger partial charge on any atom is -0.493 e. The second kappa shape index (κ2) is 7.25. The fourth-order valence-electron chi connectivity index (χ4n) is 2.56. The van der Waals surface area contributed by atoms with Crippen LogP contribution in [-0.2, 0) is 0 Å². The zero-order chi connectivity index (χ0) is 15.2. The summed E-state index contributed by atoms with van der Waals surface area (Å²) >= 11 is 0. The molecule has 0 saturated heterocycles. The summed E-state index contributed by atoms with van der Waals surface area (Å²) in [7, 11) is 0. The molecule has 2 aromatic rings. The number of aryl methyl sites for hydroxylation is 2. The normalized spacial score (nSPS) is 12.2. The topological polar surface area (TPSA) is 47.3 Å². The summed E-state index contributed by atoms with van der Waals surface area (Å²) in [6, 6.07) is 14.4. The van der Waals surface area contributed by atoms with Gasteiger partial charge in [-0.15, -0.1) is 0 Å². The fourth-order valence-corrected chi connectivity index (χ4v) is 2.56. The van der Waals surface area contributed by atoms with E-state index in [4.69, 9.17) is 10.6 Å². The first kappa shape index (κ1) is 15.5. The average molecular weight is 284 g/mol. The summed E-state index contributed by atoms with van der Waals surface area (Å²) in [6.45, 7) is 7.02. The van der Waals surface area contributed by atoms with Crippen LogP contribution in [0.4, 0.5) is 0 Å². The lowest BCUT2D eigenvalue weighted by molar-refractivity contribution is 0.311. The molecular formula is C18H24N2O. The van der Waals surface area contributed by atoms with Crippen molar-refractivity contribution in [2.24, 2.45) is 5.84 Å². The molecule has 3 heteroatoms. The summed E-state index contributed by atoms with van der Waals surface area (Å²) in [4.78, 5) is 0. The molecule has 0 aromatic heterocycles. The highest BCUT2D eigenvalue weighted by atomic mass is 16.5. The summed E-state index contributed by atoms with van der Waals surface area (Å²) in [5.74, 6) is 6.73. The molecule has 0 fully saturated rings. The third-order valence-electron chi connectivity index (χ3n) is 3.59. The number of benzene rings is 2. The first-order chi connectivity index (χ1) is 10.2. The third-order valence-corrected chi connectivity index (χ3v) is 3.59. The molecule has 0 radical (unpaired) electrons. The van der Waals surface area contributed by atoms with E-state index in [2.05, 4.69) is 50.5 Å². The van der Waals surface area contributed by atoms with Gasteiger partial charge in [0.2, 0.25) is 0 Å². The highest BCUT2D eigenvalue weighted by Crippen LogP contribution is 2.31. The van der Waals surface area contributed by atoms with Gasteiger partial charge in [0, 0.05) is 5.56 Å². The van der Waals surface area contributed by atoms with Gasteiger partial charge in [0.15, 0.2) is 0 Å². The van der Waals surface area contributed by atoms with Gasteiger partial charge in [-0.25, -0.2) is 5.43 Å². The smallest absolute Gasteiger partial charge is 0.124 e. The van der Waals surface area contributed by atoms with E-state index < -0.39 is 0 Å². The van der Waals surface area contributed by atoms with Gasteiger partial charge in [0.1, 0.15) is 5.75 Å². The molecule has 0 aliphatic carbocycles. The molecule has 0 spiro atoms. The quantitative estimate of drug-likeness (QED) is 0.629. The summed E-state index contributed by atoms with van der Waals surface area (Å²) in [5, 5.41) is 0. The largest absolute Gasteiger partial charge is 0.493 e.